The van der Waals surface area contributed by atoms with Crippen molar-refractivity contribution in [1.82, 2.24) is 24.2 Å². The third-order valence-electron chi connectivity index (χ3n) is 3.53. The predicted octanol–water partition coefficient (Wildman–Crippen LogP) is 1.18. The van der Waals surface area contributed by atoms with Crippen molar-refractivity contribution in [2.24, 2.45) is 0 Å². The smallest absolute Gasteiger partial charge is 0.416 e. The number of nitrogens with zero attached hydrogens (tertiary/aromatic N) is 4. The number of carboxylic acid groups (broad SMARTS) is 1. The Bertz CT molecular complexity index is 1190. The summed E-state index contributed by atoms with van der Waals surface area (Å²) in [5.41, 5.74) is 0.161. The summed E-state index contributed by atoms with van der Waals surface area (Å²) in [4.78, 5) is 34.6. The van der Waals surface area contributed by atoms with E-state index < -0.39 is 22.1 Å². The van der Waals surface area contributed by atoms with Crippen LogP contribution in [0.25, 0.3) is 10.9 Å². The highest BCUT2D eigenvalue weighted by molar-refractivity contribution is 7.90. The van der Waals surface area contributed by atoms with Crippen molar-refractivity contribution < 1.29 is 27.9 Å². The van der Waals surface area contributed by atoms with Gasteiger partial charge in [-0.2, -0.15) is 15.0 Å². The number of hydrogen-bond donors (Lipinski definition) is 3. The van der Waals surface area contributed by atoms with Gasteiger partial charge in [0.15, 0.2) is 0 Å². The van der Waals surface area contributed by atoms with Gasteiger partial charge >= 0.3 is 18.1 Å². The number of nitrogens with one attached hydrogen (secondary N) is 2. The van der Waals surface area contributed by atoms with Gasteiger partial charge in [0.25, 0.3) is 10.0 Å². The normalized spacial score (nSPS) is 11.2. The summed E-state index contributed by atoms with van der Waals surface area (Å²) in [5, 5.41) is 11.6. The average Bonchev–Trinajstić information content (AvgIpc) is 3.01. The molecule has 12 nitrogen and oxygen atoms in total. The second-order valence-electron chi connectivity index (χ2n) is 5.42. The zero-order chi connectivity index (χ0) is 20.5. The van der Waals surface area contributed by atoms with Gasteiger partial charge in [-0.25, -0.2) is 22.7 Å². The first-order valence-electron chi connectivity index (χ1n) is 7.65. The fraction of sp³-hybridized carbons (Fsp3) is 0.133. The fourth-order valence-corrected chi connectivity index (χ4v) is 3.54. The predicted molar refractivity (Wildman–Crippen MR) is 95.8 cm³/mol. The molecule has 0 aliphatic heterocycles. The van der Waals surface area contributed by atoms with E-state index in [9.17, 15) is 23.1 Å². The Labute approximate surface area is 158 Å². The SMILES string of the molecule is COc1nc(C)nc(NC(=O)NS(=O)(=O)c2cn(C(=O)O)c3ccccc23)n1. The number of benzene rings is 1. The maximum absolute atomic E-state index is 12.6. The summed E-state index contributed by atoms with van der Waals surface area (Å²) < 4.78 is 32.6. The van der Waals surface area contributed by atoms with Crippen LogP contribution >= 0.6 is 0 Å². The molecule has 0 atom stereocenters. The summed E-state index contributed by atoms with van der Waals surface area (Å²) in [5.74, 6) is 0.0274. The monoisotopic (exact) mass is 406 g/mol. The van der Waals surface area contributed by atoms with E-state index in [1.165, 1.54) is 26.2 Å². The van der Waals surface area contributed by atoms with Crippen LogP contribution in [-0.4, -0.2) is 52.3 Å². The molecule has 0 spiro atoms. The summed E-state index contributed by atoms with van der Waals surface area (Å²) in [6.45, 7) is 1.53. The van der Waals surface area contributed by atoms with Gasteiger partial charge in [-0.1, -0.05) is 18.2 Å². The van der Waals surface area contributed by atoms with Crippen molar-refractivity contribution in [3.8, 4) is 6.01 Å². The number of fused-ring (bicyclic) bond motifs is 1. The van der Waals surface area contributed by atoms with Crippen LogP contribution in [-0.2, 0) is 10.0 Å². The van der Waals surface area contributed by atoms with Crippen molar-refractivity contribution in [1.29, 1.82) is 0 Å². The number of methoxy groups -OCH3 is 1. The van der Waals surface area contributed by atoms with Gasteiger partial charge in [-0.3, -0.25) is 9.88 Å². The van der Waals surface area contributed by atoms with E-state index in [4.69, 9.17) is 4.74 Å². The molecule has 0 unspecified atom stereocenters. The lowest BCUT2D eigenvalue weighted by atomic mass is 10.2. The largest absolute Gasteiger partial charge is 0.467 e. The second kappa shape index (κ2) is 7.11. The second-order valence-corrected chi connectivity index (χ2v) is 7.07. The van der Waals surface area contributed by atoms with Crippen molar-refractivity contribution in [2.75, 3.05) is 12.4 Å². The number of urea groups is 1. The number of aromatic nitrogens is 4. The van der Waals surface area contributed by atoms with Crippen LogP contribution in [0.3, 0.4) is 0 Å². The summed E-state index contributed by atoms with van der Waals surface area (Å²) in [6.07, 6.45) is -0.450. The van der Waals surface area contributed by atoms with Crippen molar-refractivity contribution in [3.63, 3.8) is 0 Å². The molecular formula is C15H14N6O6S. The molecule has 3 rings (SSSR count). The number of carbonyl (C=O) groups is 2. The Morgan fingerprint density at radius 1 is 1.18 bits per heavy atom. The highest BCUT2D eigenvalue weighted by atomic mass is 32.2. The molecule has 0 fully saturated rings. The zero-order valence-electron chi connectivity index (χ0n) is 14.6. The van der Waals surface area contributed by atoms with Gasteiger partial charge in [0.05, 0.1) is 12.6 Å². The van der Waals surface area contributed by atoms with Gasteiger partial charge in [-0.15, -0.1) is 0 Å². The Morgan fingerprint density at radius 2 is 1.89 bits per heavy atom. The molecule has 0 bridgehead atoms. The number of aryl methyl sites for hydroxylation is 1. The van der Waals surface area contributed by atoms with Crippen LogP contribution in [0.1, 0.15) is 5.82 Å². The van der Waals surface area contributed by atoms with E-state index >= 15 is 0 Å². The number of sulfonamides is 1. The molecule has 13 heteroatoms. The van der Waals surface area contributed by atoms with Crippen LogP contribution in [0.2, 0.25) is 0 Å². The standard InChI is InChI=1S/C15H14N6O6S/c1-8-16-12(19-14(17-8)27-2)18-13(22)20-28(25,26)11-7-21(15(23)24)10-6-4-3-5-9(10)11/h3-7H,1-2H3,(H,23,24)(H2,16,17,18,19,20,22). The van der Waals surface area contributed by atoms with E-state index in [1.54, 1.807) is 16.9 Å². The maximum Gasteiger partial charge on any atom is 0.416 e. The zero-order valence-corrected chi connectivity index (χ0v) is 15.4. The van der Waals surface area contributed by atoms with Crippen LogP contribution in [0.4, 0.5) is 15.5 Å². The molecule has 0 radical (unpaired) electrons. The van der Waals surface area contributed by atoms with E-state index in [0.717, 1.165) is 10.8 Å². The molecule has 28 heavy (non-hydrogen) atoms. The third-order valence-corrected chi connectivity index (χ3v) is 4.89. The Kier molecular flexibility index (Phi) is 4.83. The first kappa shape index (κ1) is 19.0. The average molecular weight is 406 g/mol. The van der Waals surface area contributed by atoms with Gasteiger partial charge in [0.2, 0.25) is 5.95 Å². The quantitative estimate of drug-likeness (QED) is 0.576. The lowest BCUT2D eigenvalue weighted by molar-refractivity contribution is 0.197. The molecule has 1 aromatic carbocycles. The molecule has 146 valence electrons. The molecule has 3 N–H and O–H groups in total. The van der Waals surface area contributed by atoms with Gasteiger partial charge < -0.3 is 9.84 Å². The molecule has 2 heterocycles. The molecule has 2 amide bonds. The fourth-order valence-electron chi connectivity index (χ4n) is 2.43. The number of carbonyl (C=O) groups excluding carboxylic acids is 1. The summed E-state index contributed by atoms with van der Waals surface area (Å²) in [7, 11) is -3.07. The van der Waals surface area contributed by atoms with Crippen LogP contribution in [0.15, 0.2) is 35.4 Å². The Hall–Kier alpha value is -3.74. The topological polar surface area (TPSA) is 165 Å². The molecule has 0 aliphatic carbocycles. The third kappa shape index (κ3) is 3.68. The Morgan fingerprint density at radius 3 is 2.57 bits per heavy atom. The highest BCUT2D eigenvalue weighted by Crippen LogP contribution is 2.25. The first-order valence-corrected chi connectivity index (χ1v) is 9.13. The van der Waals surface area contributed by atoms with Crippen LogP contribution in [0, 0.1) is 6.92 Å². The highest BCUT2D eigenvalue weighted by Gasteiger charge is 2.25. The van der Waals surface area contributed by atoms with E-state index in [1.807, 2.05) is 0 Å². The van der Waals surface area contributed by atoms with Crippen molar-refractivity contribution in [3.05, 3.63) is 36.3 Å². The molecule has 3 aromatic rings. The number of ether oxygens (including phenoxy) is 1. The van der Waals surface area contributed by atoms with E-state index in [0.29, 0.717) is 0 Å². The number of amides is 2. The summed E-state index contributed by atoms with van der Waals surface area (Å²) in [6, 6.07) is 4.79. The number of hydrogen-bond acceptors (Lipinski definition) is 8. The molecule has 0 saturated heterocycles. The van der Waals surface area contributed by atoms with Crippen molar-refractivity contribution in [2.45, 2.75) is 11.8 Å². The molecule has 2 aromatic heterocycles. The minimum Gasteiger partial charge on any atom is -0.467 e. The van der Waals surface area contributed by atoms with Gasteiger partial charge in [-0.05, 0) is 13.0 Å². The molecule has 0 saturated carbocycles. The summed E-state index contributed by atoms with van der Waals surface area (Å²) >= 11 is 0. The van der Waals surface area contributed by atoms with Gasteiger partial charge in [0, 0.05) is 11.6 Å². The minimum absolute atomic E-state index is 0.0600. The lowest BCUT2D eigenvalue weighted by Gasteiger charge is -2.08. The van der Waals surface area contributed by atoms with Crippen LogP contribution < -0.4 is 14.8 Å². The molecule has 0 aliphatic rings. The maximum atomic E-state index is 12.6. The number of anilines is 1. The van der Waals surface area contributed by atoms with Crippen LogP contribution in [0.5, 0.6) is 6.01 Å². The minimum atomic E-state index is -4.39. The van der Waals surface area contributed by atoms with Gasteiger partial charge in [0.1, 0.15) is 10.7 Å². The van der Waals surface area contributed by atoms with E-state index in [2.05, 4.69) is 20.3 Å². The Balaban J connectivity index is 1.90. The first-order chi connectivity index (χ1) is 13.2. The number of rotatable bonds is 4. The lowest BCUT2D eigenvalue weighted by Crippen LogP contribution is -2.35. The number of para-hydroxylation sites is 1. The van der Waals surface area contributed by atoms with Crippen molar-refractivity contribution >= 4 is 39.0 Å². The van der Waals surface area contributed by atoms with E-state index in [-0.39, 0.29) is 33.6 Å². The molecular weight excluding hydrogens is 392 g/mol.